The largest absolute Gasteiger partial charge is 0.481 e. The Morgan fingerprint density at radius 1 is 1.50 bits per heavy atom. The zero-order valence-corrected chi connectivity index (χ0v) is 10.5. The minimum absolute atomic E-state index is 0.304. The molecule has 16 heavy (non-hydrogen) atoms. The summed E-state index contributed by atoms with van der Waals surface area (Å²) in [5.74, 6) is 0.461. The molecule has 0 aliphatic heterocycles. The molecule has 0 aromatic carbocycles. The molecule has 1 fully saturated rings. The summed E-state index contributed by atoms with van der Waals surface area (Å²) in [5, 5.41) is 9.10. The Morgan fingerprint density at radius 3 is 2.50 bits per heavy atom. The van der Waals surface area contributed by atoms with Crippen molar-refractivity contribution >= 4 is 5.97 Å². The second-order valence-corrected chi connectivity index (χ2v) is 5.18. The first-order chi connectivity index (χ1) is 7.60. The van der Waals surface area contributed by atoms with Gasteiger partial charge in [-0.3, -0.25) is 4.79 Å². The number of rotatable bonds is 8. The molecule has 2 atom stereocenters. The first kappa shape index (κ1) is 13.5. The maximum absolute atomic E-state index is 11.1. The molecular weight excluding hydrogens is 202 g/mol. The Bertz CT molecular complexity index is 238. The highest BCUT2D eigenvalue weighted by Gasteiger charge is 2.58. The van der Waals surface area contributed by atoms with Crippen molar-refractivity contribution in [2.24, 2.45) is 23.0 Å². The lowest BCUT2D eigenvalue weighted by molar-refractivity contribution is -0.143. The molecule has 0 spiro atoms. The first-order valence-electron chi connectivity index (χ1n) is 6.54. The van der Waals surface area contributed by atoms with E-state index < -0.39 is 11.4 Å². The van der Waals surface area contributed by atoms with Crippen LogP contribution in [0.2, 0.25) is 0 Å². The number of aliphatic carboxylic acids is 1. The van der Waals surface area contributed by atoms with E-state index >= 15 is 0 Å². The number of carboxylic acids is 1. The summed E-state index contributed by atoms with van der Waals surface area (Å²) in [5.41, 5.74) is 5.00. The molecule has 94 valence electrons. The topological polar surface area (TPSA) is 63.3 Å². The zero-order valence-electron chi connectivity index (χ0n) is 10.5. The molecule has 0 amide bonds. The van der Waals surface area contributed by atoms with Crippen LogP contribution in [0.3, 0.4) is 0 Å². The van der Waals surface area contributed by atoms with Crippen LogP contribution in [-0.2, 0) is 4.79 Å². The highest BCUT2D eigenvalue weighted by Crippen LogP contribution is 2.54. The van der Waals surface area contributed by atoms with Crippen LogP contribution in [-0.4, -0.2) is 17.6 Å². The summed E-state index contributed by atoms with van der Waals surface area (Å²) in [6.07, 6.45) is 6.71. The third kappa shape index (κ3) is 2.76. The Labute approximate surface area is 98.4 Å². The summed E-state index contributed by atoms with van der Waals surface area (Å²) in [4.78, 5) is 11.1. The number of carboxylic acid groups (broad SMARTS) is 1. The van der Waals surface area contributed by atoms with Crippen LogP contribution in [0.15, 0.2) is 0 Å². The molecule has 3 heteroatoms. The predicted molar refractivity (Wildman–Crippen MR) is 65.2 cm³/mol. The monoisotopic (exact) mass is 227 g/mol. The van der Waals surface area contributed by atoms with Crippen LogP contribution < -0.4 is 5.73 Å². The van der Waals surface area contributed by atoms with Gasteiger partial charge in [-0.05, 0) is 24.7 Å². The lowest BCUT2D eigenvalue weighted by atomic mass is 9.94. The van der Waals surface area contributed by atoms with E-state index in [1.165, 1.54) is 19.3 Å². The molecule has 3 nitrogen and oxygen atoms in total. The minimum atomic E-state index is -0.692. The Morgan fingerprint density at radius 2 is 2.12 bits per heavy atom. The summed E-state index contributed by atoms with van der Waals surface area (Å²) >= 11 is 0. The van der Waals surface area contributed by atoms with Gasteiger partial charge in [0.25, 0.3) is 0 Å². The fraction of sp³-hybridized carbons (Fsp3) is 0.923. The second-order valence-electron chi connectivity index (χ2n) is 5.18. The van der Waals surface area contributed by atoms with Gasteiger partial charge in [0.15, 0.2) is 0 Å². The van der Waals surface area contributed by atoms with Crippen molar-refractivity contribution in [3.8, 4) is 0 Å². The van der Waals surface area contributed by atoms with Crippen molar-refractivity contribution in [2.45, 2.75) is 52.4 Å². The van der Waals surface area contributed by atoms with Gasteiger partial charge >= 0.3 is 5.97 Å². The van der Waals surface area contributed by atoms with Gasteiger partial charge in [0.2, 0.25) is 0 Å². The third-order valence-electron chi connectivity index (χ3n) is 4.34. The van der Waals surface area contributed by atoms with Crippen molar-refractivity contribution in [3.05, 3.63) is 0 Å². The molecule has 0 radical (unpaired) electrons. The fourth-order valence-corrected chi connectivity index (χ4v) is 2.71. The molecular formula is C13H25NO2. The van der Waals surface area contributed by atoms with Crippen LogP contribution in [0, 0.1) is 17.3 Å². The maximum Gasteiger partial charge on any atom is 0.311 e. The molecule has 1 rings (SSSR count). The highest BCUT2D eigenvalue weighted by atomic mass is 16.4. The van der Waals surface area contributed by atoms with E-state index in [0.717, 1.165) is 25.2 Å². The first-order valence-corrected chi connectivity index (χ1v) is 6.54. The van der Waals surface area contributed by atoms with Gasteiger partial charge in [-0.15, -0.1) is 0 Å². The second kappa shape index (κ2) is 5.67. The average molecular weight is 227 g/mol. The van der Waals surface area contributed by atoms with Crippen LogP contribution in [0.25, 0.3) is 0 Å². The van der Waals surface area contributed by atoms with Gasteiger partial charge in [-0.2, -0.15) is 0 Å². The Hall–Kier alpha value is -0.570. The smallest absolute Gasteiger partial charge is 0.311 e. The molecule has 1 aliphatic rings. The SMILES string of the molecule is CCC(CC)CCCC1CC1(CN)C(=O)O. The molecule has 3 N–H and O–H groups in total. The third-order valence-corrected chi connectivity index (χ3v) is 4.34. The van der Waals surface area contributed by atoms with E-state index in [1.54, 1.807) is 0 Å². The van der Waals surface area contributed by atoms with E-state index in [0.29, 0.717) is 12.5 Å². The predicted octanol–water partition coefficient (Wildman–Crippen LogP) is 2.64. The Balaban J connectivity index is 2.24. The van der Waals surface area contributed by atoms with Gasteiger partial charge in [0, 0.05) is 6.54 Å². The normalized spacial score (nSPS) is 28.4. The molecule has 0 bridgehead atoms. The molecule has 1 saturated carbocycles. The lowest BCUT2D eigenvalue weighted by Gasteiger charge is -2.12. The Kier molecular flexibility index (Phi) is 4.78. The van der Waals surface area contributed by atoms with Gasteiger partial charge in [0.1, 0.15) is 0 Å². The fourth-order valence-electron chi connectivity index (χ4n) is 2.71. The van der Waals surface area contributed by atoms with Crippen LogP contribution in [0.4, 0.5) is 0 Å². The van der Waals surface area contributed by atoms with Crippen molar-refractivity contribution in [1.82, 2.24) is 0 Å². The number of carbonyl (C=O) groups is 1. The van der Waals surface area contributed by atoms with Gasteiger partial charge < -0.3 is 10.8 Å². The molecule has 0 heterocycles. The molecule has 2 unspecified atom stereocenters. The summed E-state index contributed by atoms with van der Waals surface area (Å²) in [6, 6.07) is 0. The molecule has 0 saturated heterocycles. The number of hydrogen-bond donors (Lipinski definition) is 2. The van der Waals surface area contributed by atoms with Crippen molar-refractivity contribution in [3.63, 3.8) is 0 Å². The van der Waals surface area contributed by atoms with Crippen molar-refractivity contribution in [1.29, 1.82) is 0 Å². The van der Waals surface area contributed by atoms with Gasteiger partial charge in [0.05, 0.1) is 5.41 Å². The quantitative estimate of drug-likeness (QED) is 0.670. The standard InChI is InChI=1S/C13H25NO2/c1-3-10(4-2)6-5-7-11-8-13(11,9-14)12(15)16/h10-11H,3-9,14H2,1-2H3,(H,15,16). The van der Waals surface area contributed by atoms with Crippen molar-refractivity contribution < 1.29 is 9.90 Å². The van der Waals surface area contributed by atoms with Gasteiger partial charge in [-0.25, -0.2) is 0 Å². The number of nitrogens with two attached hydrogens (primary N) is 1. The molecule has 0 aromatic rings. The summed E-state index contributed by atoms with van der Waals surface area (Å²) in [7, 11) is 0. The number of hydrogen-bond acceptors (Lipinski definition) is 2. The average Bonchev–Trinajstić information content (AvgIpc) is 2.99. The summed E-state index contributed by atoms with van der Waals surface area (Å²) < 4.78 is 0. The maximum atomic E-state index is 11.1. The minimum Gasteiger partial charge on any atom is -0.481 e. The van der Waals surface area contributed by atoms with Crippen LogP contribution >= 0.6 is 0 Å². The van der Waals surface area contributed by atoms with E-state index in [1.807, 2.05) is 0 Å². The zero-order chi connectivity index (χ0) is 12.2. The van der Waals surface area contributed by atoms with Crippen LogP contribution in [0.1, 0.15) is 52.4 Å². The van der Waals surface area contributed by atoms with E-state index in [9.17, 15) is 4.79 Å². The van der Waals surface area contributed by atoms with Crippen molar-refractivity contribution in [2.75, 3.05) is 6.54 Å². The van der Waals surface area contributed by atoms with E-state index in [-0.39, 0.29) is 0 Å². The highest BCUT2D eigenvalue weighted by molar-refractivity contribution is 5.78. The van der Waals surface area contributed by atoms with E-state index in [4.69, 9.17) is 10.8 Å². The van der Waals surface area contributed by atoms with Gasteiger partial charge in [-0.1, -0.05) is 39.5 Å². The van der Waals surface area contributed by atoms with E-state index in [2.05, 4.69) is 13.8 Å². The lowest BCUT2D eigenvalue weighted by Crippen LogP contribution is -2.27. The summed E-state index contributed by atoms with van der Waals surface area (Å²) in [6.45, 7) is 4.76. The molecule has 0 aromatic heterocycles. The molecule has 1 aliphatic carbocycles. The van der Waals surface area contributed by atoms with Crippen LogP contribution in [0.5, 0.6) is 0 Å².